The Hall–Kier alpha value is -3.75. The molecule has 0 fully saturated rings. The van der Waals surface area contributed by atoms with Crippen LogP contribution in [0.4, 0.5) is 10.5 Å². The molecule has 2 aromatic rings. The number of hydrogen-bond donors (Lipinski definition) is 3. The minimum Gasteiger partial charge on any atom is -0.454 e. The van der Waals surface area contributed by atoms with Gasteiger partial charge in [-0.05, 0) is 50.6 Å². The first-order valence-corrected chi connectivity index (χ1v) is 9.74. The van der Waals surface area contributed by atoms with Crippen molar-refractivity contribution in [2.75, 3.05) is 18.7 Å². The van der Waals surface area contributed by atoms with Crippen molar-refractivity contribution in [3.8, 4) is 11.5 Å². The molecule has 31 heavy (non-hydrogen) atoms. The number of para-hydroxylation sites is 1. The van der Waals surface area contributed by atoms with E-state index in [0.717, 1.165) is 0 Å². The van der Waals surface area contributed by atoms with Crippen LogP contribution in [0.3, 0.4) is 0 Å². The van der Waals surface area contributed by atoms with Crippen LogP contribution in [0.1, 0.15) is 36.7 Å². The third-order valence-corrected chi connectivity index (χ3v) is 4.16. The highest BCUT2D eigenvalue weighted by Gasteiger charge is 2.18. The maximum absolute atomic E-state index is 12.5. The smallest absolute Gasteiger partial charge is 0.408 e. The maximum Gasteiger partial charge on any atom is 0.408 e. The lowest BCUT2D eigenvalue weighted by atomic mass is 10.1. The number of anilines is 1. The van der Waals surface area contributed by atoms with Crippen molar-refractivity contribution in [2.45, 2.75) is 32.9 Å². The molecule has 0 saturated carbocycles. The summed E-state index contributed by atoms with van der Waals surface area (Å²) in [6.07, 6.45) is -0.674. The van der Waals surface area contributed by atoms with Crippen LogP contribution in [0.5, 0.6) is 11.5 Å². The van der Waals surface area contributed by atoms with Gasteiger partial charge in [0.25, 0.3) is 5.91 Å². The van der Waals surface area contributed by atoms with Gasteiger partial charge in [0, 0.05) is 17.8 Å². The Labute approximate surface area is 180 Å². The summed E-state index contributed by atoms with van der Waals surface area (Å²) in [5.41, 5.74) is 1.03. The number of ether oxygens (including phenoxy) is 3. The number of rotatable bonds is 6. The maximum atomic E-state index is 12.5. The highest BCUT2D eigenvalue weighted by Crippen LogP contribution is 2.32. The molecular formula is C22H25N3O6. The summed E-state index contributed by atoms with van der Waals surface area (Å²) in [6, 6.07) is 12.0. The van der Waals surface area contributed by atoms with Gasteiger partial charge in [0.15, 0.2) is 11.5 Å². The molecule has 1 aliphatic heterocycles. The van der Waals surface area contributed by atoms with Gasteiger partial charge in [0.05, 0.1) is 0 Å². The summed E-state index contributed by atoms with van der Waals surface area (Å²) in [4.78, 5) is 36.4. The van der Waals surface area contributed by atoms with Crippen LogP contribution in [0.15, 0.2) is 42.5 Å². The van der Waals surface area contributed by atoms with Crippen LogP contribution in [0.25, 0.3) is 0 Å². The van der Waals surface area contributed by atoms with E-state index in [1.807, 2.05) is 0 Å². The van der Waals surface area contributed by atoms with Crippen LogP contribution in [0, 0.1) is 0 Å². The van der Waals surface area contributed by atoms with E-state index in [4.69, 9.17) is 14.2 Å². The molecule has 1 aliphatic rings. The normalized spacial score (nSPS) is 12.1. The fourth-order valence-corrected chi connectivity index (χ4v) is 2.77. The lowest BCUT2D eigenvalue weighted by Gasteiger charge is -2.19. The highest BCUT2D eigenvalue weighted by atomic mass is 16.7. The number of carbonyl (C=O) groups excluding carboxylic acids is 3. The molecule has 164 valence electrons. The van der Waals surface area contributed by atoms with Gasteiger partial charge in [-0.2, -0.15) is 0 Å². The second-order valence-electron chi connectivity index (χ2n) is 7.81. The number of alkyl carbamates (subject to hydrolysis) is 1. The zero-order valence-corrected chi connectivity index (χ0v) is 17.6. The monoisotopic (exact) mass is 427 g/mol. The predicted octanol–water partition coefficient (Wildman–Crippen LogP) is 2.81. The Kier molecular flexibility index (Phi) is 6.64. The van der Waals surface area contributed by atoms with Gasteiger partial charge < -0.3 is 30.2 Å². The molecule has 9 nitrogen and oxygen atoms in total. The molecule has 0 unspecified atom stereocenters. The third-order valence-electron chi connectivity index (χ3n) is 4.16. The zero-order valence-electron chi connectivity index (χ0n) is 17.6. The van der Waals surface area contributed by atoms with Gasteiger partial charge in [-0.25, -0.2) is 4.79 Å². The first-order valence-electron chi connectivity index (χ1n) is 9.74. The van der Waals surface area contributed by atoms with E-state index in [1.54, 1.807) is 63.2 Å². The summed E-state index contributed by atoms with van der Waals surface area (Å²) in [7, 11) is 0. The van der Waals surface area contributed by atoms with E-state index < -0.39 is 17.6 Å². The molecule has 3 N–H and O–H groups in total. The van der Waals surface area contributed by atoms with Crippen molar-refractivity contribution in [1.82, 2.24) is 10.6 Å². The van der Waals surface area contributed by atoms with E-state index >= 15 is 0 Å². The Balaban J connectivity index is 1.54. The second-order valence-corrected chi connectivity index (χ2v) is 7.81. The topological polar surface area (TPSA) is 115 Å². The summed E-state index contributed by atoms with van der Waals surface area (Å²) in [6.45, 7) is 5.30. The van der Waals surface area contributed by atoms with Crippen molar-refractivity contribution in [2.24, 2.45) is 0 Å². The number of carbonyl (C=O) groups is 3. The van der Waals surface area contributed by atoms with Crippen molar-refractivity contribution in [3.05, 3.63) is 53.6 Å². The minimum absolute atomic E-state index is 0.135. The lowest BCUT2D eigenvalue weighted by molar-refractivity contribution is -0.115. The van der Waals surface area contributed by atoms with Gasteiger partial charge in [0.2, 0.25) is 12.7 Å². The van der Waals surface area contributed by atoms with Gasteiger partial charge in [-0.15, -0.1) is 0 Å². The molecular weight excluding hydrogens is 402 g/mol. The third kappa shape index (κ3) is 6.36. The number of nitrogens with one attached hydrogen (secondary N) is 3. The van der Waals surface area contributed by atoms with Crippen molar-refractivity contribution >= 4 is 23.6 Å². The molecule has 2 aromatic carbocycles. The molecule has 0 saturated heterocycles. The summed E-state index contributed by atoms with van der Waals surface area (Å²) in [5.74, 6) is 0.425. The largest absolute Gasteiger partial charge is 0.454 e. The SMILES string of the molecule is CC(C)(C)OC(=O)NCC(=O)Nc1ccccc1CNC(=O)c1ccc2c(c1)OCO2. The Morgan fingerprint density at radius 3 is 2.52 bits per heavy atom. The molecule has 1 heterocycles. The first kappa shape index (κ1) is 21.9. The average molecular weight is 427 g/mol. The number of amides is 3. The van der Waals surface area contributed by atoms with E-state index in [1.165, 1.54) is 0 Å². The fourth-order valence-electron chi connectivity index (χ4n) is 2.77. The minimum atomic E-state index is -0.674. The van der Waals surface area contributed by atoms with Gasteiger partial charge in [0.1, 0.15) is 12.1 Å². The summed E-state index contributed by atoms with van der Waals surface area (Å²) in [5, 5.41) is 7.95. The van der Waals surface area contributed by atoms with E-state index in [0.29, 0.717) is 28.3 Å². The number of hydrogen-bond acceptors (Lipinski definition) is 6. The van der Waals surface area contributed by atoms with Gasteiger partial charge in [-0.1, -0.05) is 18.2 Å². The molecule has 0 bridgehead atoms. The molecule has 3 rings (SSSR count). The van der Waals surface area contributed by atoms with Gasteiger partial charge in [-0.3, -0.25) is 9.59 Å². The molecule has 0 aromatic heterocycles. The highest BCUT2D eigenvalue weighted by molar-refractivity contribution is 5.96. The second kappa shape index (κ2) is 9.38. The van der Waals surface area contributed by atoms with E-state index in [-0.39, 0.29) is 25.8 Å². The zero-order chi connectivity index (χ0) is 22.4. The summed E-state index contributed by atoms with van der Waals surface area (Å²) >= 11 is 0. The van der Waals surface area contributed by atoms with Crippen LogP contribution in [0.2, 0.25) is 0 Å². The van der Waals surface area contributed by atoms with E-state index in [9.17, 15) is 14.4 Å². The Bertz CT molecular complexity index is 983. The molecule has 9 heteroatoms. The first-order chi connectivity index (χ1) is 14.7. The number of fused-ring (bicyclic) bond motifs is 1. The van der Waals surface area contributed by atoms with Crippen LogP contribution < -0.4 is 25.4 Å². The van der Waals surface area contributed by atoms with Crippen LogP contribution >= 0.6 is 0 Å². The van der Waals surface area contributed by atoms with Gasteiger partial charge >= 0.3 is 6.09 Å². The Morgan fingerprint density at radius 2 is 1.74 bits per heavy atom. The lowest BCUT2D eigenvalue weighted by Crippen LogP contribution is -2.37. The standard InChI is InChI=1S/C22H25N3O6/c1-22(2,3)31-21(28)24-12-19(26)25-16-7-5-4-6-15(16)11-23-20(27)14-8-9-17-18(10-14)30-13-29-17/h4-10H,11-13H2,1-3H3,(H,23,27)(H,24,28)(H,25,26). The Morgan fingerprint density at radius 1 is 1.00 bits per heavy atom. The van der Waals surface area contributed by atoms with Crippen molar-refractivity contribution in [1.29, 1.82) is 0 Å². The predicted molar refractivity (Wildman–Crippen MR) is 113 cm³/mol. The molecule has 3 amide bonds. The summed E-state index contributed by atoms with van der Waals surface area (Å²) < 4.78 is 15.6. The molecule has 0 radical (unpaired) electrons. The van der Waals surface area contributed by atoms with Crippen molar-refractivity contribution < 1.29 is 28.6 Å². The fraction of sp³-hybridized carbons (Fsp3) is 0.318. The molecule has 0 atom stereocenters. The van der Waals surface area contributed by atoms with Crippen LogP contribution in [-0.2, 0) is 16.1 Å². The van der Waals surface area contributed by atoms with E-state index in [2.05, 4.69) is 16.0 Å². The van der Waals surface area contributed by atoms with Crippen molar-refractivity contribution in [3.63, 3.8) is 0 Å². The molecule has 0 spiro atoms. The number of benzene rings is 2. The average Bonchev–Trinajstić information content (AvgIpc) is 3.18. The molecule has 0 aliphatic carbocycles. The van der Waals surface area contributed by atoms with Crippen LogP contribution in [-0.4, -0.2) is 36.8 Å². The quantitative estimate of drug-likeness (QED) is 0.653.